The Kier molecular flexibility index (Phi) is 3.51. The van der Waals surface area contributed by atoms with Crippen molar-refractivity contribution in [1.82, 2.24) is 5.32 Å². The van der Waals surface area contributed by atoms with Crippen molar-refractivity contribution in [1.29, 1.82) is 0 Å². The van der Waals surface area contributed by atoms with Crippen LogP contribution in [0.1, 0.15) is 31.4 Å². The van der Waals surface area contributed by atoms with Gasteiger partial charge in [0, 0.05) is 18.2 Å². The van der Waals surface area contributed by atoms with Gasteiger partial charge >= 0.3 is 0 Å². The summed E-state index contributed by atoms with van der Waals surface area (Å²) in [7, 11) is 0. The monoisotopic (exact) mass is 294 g/mol. The van der Waals surface area contributed by atoms with Crippen LogP contribution >= 0.6 is 0 Å². The molecule has 2 atom stereocenters. The molecule has 2 aliphatic rings. The Hall–Kier alpha value is -2.00. The van der Waals surface area contributed by atoms with E-state index in [9.17, 15) is 0 Å². The summed E-state index contributed by atoms with van der Waals surface area (Å²) in [6.07, 6.45) is 2.43. The first kappa shape index (κ1) is 13.6. The molecule has 1 N–H and O–H groups in total. The van der Waals surface area contributed by atoms with Gasteiger partial charge < -0.3 is 15.0 Å². The summed E-state index contributed by atoms with van der Waals surface area (Å²) in [5, 5.41) is 3.69. The molecule has 1 fully saturated rings. The molecule has 0 aromatic heterocycles. The largest absolute Gasteiger partial charge is 0.455 e. The Balaban J connectivity index is 1.88. The first-order valence-corrected chi connectivity index (χ1v) is 8.24. The average Bonchev–Trinajstić information content (AvgIpc) is 2.70. The predicted molar refractivity (Wildman–Crippen MR) is 89.7 cm³/mol. The quantitative estimate of drug-likeness (QED) is 0.902. The number of fused-ring (bicyclic) bond motifs is 5. The van der Waals surface area contributed by atoms with Crippen LogP contribution < -0.4 is 15.0 Å². The van der Waals surface area contributed by atoms with Crippen LogP contribution in [-0.4, -0.2) is 19.1 Å². The van der Waals surface area contributed by atoms with E-state index in [4.69, 9.17) is 4.74 Å². The average molecular weight is 294 g/mol. The van der Waals surface area contributed by atoms with Crippen molar-refractivity contribution in [3.63, 3.8) is 0 Å². The number of hydrogen-bond donors (Lipinski definition) is 1. The maximum atomic E-state index is 6.25. The maximum Gasteiger partial charge on any atom is 0.150 e. The molecule has 2 aliphatic heterocycles. The molecule has 22 heavy (non-hydrogen) atoms. The minimum atomic E-state index is 0.341. The Morgan fingerprint density at radius 1 is 1.09 bits per heavy atom. The zero-order valence-corrected chi connectivity index (χ0v) is 13.0. The molecule has 0 bridgehead atoms. The lowest BCUT2D eigenvalue weighted by atomic mass is 9.89. The minimum Gasteiger partial charge on any atom is -0.455 e. The van der Waals surface area contributed by atoms with Crippen LogP contribution in [0.5, 0.6) is 11.5 Å². The fourth-order valence-corrected chi connectivity index (χ4v) is 3.84. The molecular weight excluding hydrogens is 272 g/mol. The number of rotatable bonds is 2. The SMILES string of the molecule is CCN[C@H]1CCCN2c3ccccc3Oc3ccccc3[C@@H]12. The van der Waals surface area contributed by atoms with Gasteiger partial charge in [-0.1, -0.05) is 37.3 Å². The smallest absolute Gasteiger partial charge is 0.150 e. The number of piperidine rings is 1. The van der Waals surface area contributed by atoms with Crippen molar-refractivity contribution in [3.05, 3.63) is 54.1 Å². The van der Waals surface area contributed by atoms with Gasteiger partial charge in [-0.3, -0.25) is 0 Å². The van der Waals surface area contributed by atoms with E-state index in [0.29, 0.717) is 12.1 Å². The molecule has 0 aliphatic carbocycles. The summed E-state index contributed by atoms with van der Waals surface area (Å²) in [6.45, 7) is 4.27. The van der Waals surface area contributed by atoms with E-state index in [1.807, 2.05) is 6.07 Å². The first-order valence-electron chi connectivity index (χ1n) is 8.24. The van der Waals surface area contributed by atoms with Crippen LogP contribution in [-0.2, 0) is 0 Å². The maximum absolute atomic E-state index is 6.25. The third kappa shape index (κ3) is 2.17. The molecule has 2 aromatic carbocycles. The van der Waals surface area contributed by atoms with Crippen LogP contribution in [0.3, 0.4) is 0 Å². The van der Waals surface area contributed by atoms with Crippen LogP contribution in [0.15, 0.2) is 48.5 Å². The van der Waals surface area contributed by atoms with Gasteiger partial charge in [0.25, 0.3) is 0 Å². The summed E-state index contributed by atoms with van der Waals surface area (Å²) in [6, 6.07) is 17.7. The second-order valence-electron chi connectivity index (χ2n) is 6.05. The minimum absolute atomic E-state index is 0.341. The first-order chi connectivity index (χ1) is 10.9. The van der Waals surface area contributed by atoms with Crippen molar-refractivity contribution in [2.45, 2.75) is 31.8 Å². The Morgan fingerprint density at radius 3 is 2.73 bits per heavy atom. The van der Waals surface area contributed by atoms with E-state index < -0.39 is 0 Å². The molecule has 2 aromatic rings. The third-order valence-electron chi connectivity index (χ3n) is 4.73. The van der Waals surface area contributed by atoms with Gasteiger partial charge in [0.15, 0.2) is 5.75 Å². The van der Waals surface area contributed by atoms with Gasteiger partial charge in [0.1, 0.15) is 5.75 Å². The molecular formula is C19H22N2O. The Bertz CT molecular complexity index is 668. The third-order valence-corrected chi connectivity index (χ3v) is 4.73. The van der Waals surface area contributed by atoms with Crippen molar-refractivity contribution in [2.75, 3.05) is 18.0 Å². The van der Waals surface area contributed by atoms with Crippen LogP contribution in [0, 0.1) is 0 Å². The standard InChI is InChI=1S/C19H22N2O/c1-2-20-15-9-7-13-21-16-10-4-6-12-18(16)22-17-11-5-3-8-14(17)19(15)21/h3-6,8,10-12,15,19-20H,2,7,9,13H2,1H3/t15-,19-/m0/s1. The van der Waals surface area contributed by atoms with Gasteiger partial charge in [-0.05, 0) is 37.6 Å². The van der Waals surface area contributed by atoms with Crippen LogP contribution in [0.4, 0.5) is 5.69 Å². The topological polar surface area (TPSA) is 24.5 Å². The summed E-state index contributed by atoms with van der Waals surface area (Å²) in [4.78, 5) is 2.53. The molecule has 0 unspecified atom stereocenters. The normalized spacial score (nSPS) is 22.9. The Morgan fingerprint density at radius 2 is 1.86 bits per heavy atom. The molecule has 0 radical (unpaired) electrons. The zero-order chi connectivity index (χ0) is 14.9. The van der Waals surface area contributed by atoms with Gasteiger partial charge in [0.05, 0.1) is 11.7 Å². The fourth-order valence-electron chi connectivity index (χ4n) is 3.84. The number of nitrogens with one attached hydrogen (secondary N) is 1. The molecule has 0 spiro atoms. The molecule has 3 heteroatoms. The highest BCUT2D eigenvalue weighted by Crippen LogP contribution is 2.47. The molecule has 1 saturated heterocycles. The van der Waals surface area contributed by atoms with Gasteiger partial charge in [-0.15, -0.1) is 0 Å². The van der Waals surface area contributed by atoms with E-state index in [-0.39, 0.29) is 0 Å². The highest BCUT2D eigenvalue weighted by Gasteiger charge is 2.37. The van der Waals surface area contributed by atoms with E-state index in [2.05, 4.69) is 59.6 Å². The number of hydrogen-bond acceptors (Lipinski definition) is 3. The number of ether oxygens (including phenoxy) is 1. The molecule has 0 saturated carbocycles. The highest BCUT2D eigenvalue weighted by molar-refractivity contribution is 5.64. The number of benzene rings is 2. The molecule has 0 amide bonds. The number of nitrogens with zero attached hydrogens (tertiary/aromatic N) is 1. The van der Waals surface area contributed by atoms with Crippen LogP contribution in [0.25, 0.3) is 0 Å². The fraction of sp³-hybridized carbons (Fsp3) is 0.368. The lowest BCUT2D eigenvalue weighted by Crippen LogP contribution is -2.48. The summed E-state index contributed by atoms with van der Waals surface area (Å²) >= 11 is 0. The van der Waals surface area contributed by atoms with Gasteiger partial charge in [-0.25, -0.2) is 0 Å². The molecule has 4 rings (SSSR count). The summed E-state index contributed by atoms with van der Waals surface area (Å²) in [5.41, 5.74) is 2.51. The second kappa shape index (κ2) is 5.65. The van der Waals surface area contributed by atoms with Crippen molar-refractivity contribution in [2.24, 2.45) is 0 Å². The number of anilines is 1. The van der Waals surface area contributed by atoms with Crippen molar-refractivity contribution >= 4 is 5.69 Å². The van der Waals surface area contributed by atoms with Gasteiger partial charge in [-0.2, -0.15) is 0 Å². The molecule has 2 heterocycles. The van der Waals surface area contributed by atoms with Crippen molar-refractivity contribution in [3.8, 4) is 11.5 Å². The van der Waals surface area contributed by atoms with Crippen LogP contribution in [0.2, 0.25) is 0 Å². The lowest BCUT2D eigenvalue weighted by molar-refractivity contribution is 0.351. The lowest BCUT2D eigenvalue weighted by Gasteiger charge is -2.42. The van der Waals surface area contributed by atoms with E-state index in [1.165, 1.54) is 24.1 Å². The summed E-state index contributed by atoms with van der Waals surface area (Å²) < 4.78 is 6.25. The van der Waals surface area contributed by atoms with Crippen molar-refractivity contribution < 1.29 is 4.74 Å². The number of para-hydroxylation sites is 3. The second-order valence-corrected chi connectivity index (χ2v) is 6.05. The zero-order valence-electron chi connectivity index (χ0n) is 13.0. The van der Waals surface area contributed by atoms with E-state index >= 15 is 0 Å². The highest BCUT2D eigenvalue weighted by atomic mass is 16.5. The summed E-state index contributed by atoms with van der Waals surface area (Å²) in [5.74, 6) is 1.96. The molecule has 114 valence electrons. The van der Waals surface area contributed by atoms with Gasteiger partial charge in [0.2, 0.25) is 0 Å². The van der Waals surface area contributed by atoms with E-state index in [1.54, 1.807) is 0 Å². The molecule has 3 nitrogen and oxygen atoms in total. The Labute approximate surface area is 131 Å². The number of likely N-dealkylation sites (N-methyl/N-ethyl adjacent to an activating group) is 1. The predicted octanol–water partition coefficient (Wildman–Crippen LogP) is 4.11. The van der Waals surface area contributed by atoms with E-state index in [0.717, 1.165) is 24.6 Å².